The van der Waals surface area contributed by atoms with Gasteiger partial charge in [0.05, 0.1) is 23.3 Å². The minimum Gasteiger partial charge on any atom is -0.392 e. The molecule has 0 saturated carbocycles. The summed E-state index contributed by atoms with van der Waals surface area (Å²) >= 11 is 3.37. The number of hydrogen-bond acceptors (Lipinski definition) is 3. The van der Waals surface area contributed by atoms with E-state index in [0.29, 0.717) is 12.6 Å². The molecule has 1 N–H and O–H groups in total. The number of hydrogen-bond donors (Lipinski definition) is 1. The number of aliphatic hydroxyl groups is 1. The molecule has 1 rings (SSSR count). The highest BCUT2D eigenvalue weighted by Crippen LogP contribution is 2.07. The summed E-state index contributed by atoms with van der Waals surface area (Å²) in [6.45, 7) is 8.55. The summed E-state index contributed by atoms with van der Waals surface area (Å²) < 4.78 is 2.90. The maximum atomic E-state index is 9.40. The third-order valence-corrected chi connectivity index (χ3v) is 2.86. The van der Waals surface area contributed by atoms with Crippen LogP contribution in [-0.2, 0) is 6.54 Å². The lowest BCUT2D eigenvalue weighted by Crippen LogP contribution is -2.38. The number of aliphatic hydroxyl groups excluding tert-OH is 1. The van der Waals surface area contributed by atoms with Gasteiger partial charge in [-0.3, -0.25) is 9.58 Å². The number of halogens is 1. The lowest BCUT2D eigenvalue weighted by Gasteiger charge is -2.27. The zero-order valence-corrected chi connectivity index (χ0v) is 11.7. The summed E-state index contributed by atoms with van der Waals surface area (Å²) in [4.78, 5) is 2.25. The van der Waals surface area contributed by atoms with E-state index in [1.54, 1.807) is 6.20 Å². The highest BCUT2D eigenvalue weighted by atomic mass is 79.9. The van der Waals surface area contributed by atoms with Gasteiger partial charge in [-0.15, -0.1) is 0 Å². The van der Waals surface area contributed by atoms with Crippen LogP contribution in [0.3, 0.4) is 0 Å². The molecule has 0 fully saturated rings. The van der Waals surface area contributed by atoms with Crippen LogP contribution in [0.4, 0.5) is 0 Å². The average molecular weight is 290 g/mol. The topological polar surface area (TPSA) is 41.3 Å². The van der Waals surface area contributed by atoms with Crippen molar-refractivity contribution >= 4 is 15.9 Å². The monoisotopic (exact) mass is 289 g/mol. The fourth-order valence-electron chi connectivity index (χ4n) is 1.59. The van der Waals surface area contributed by atoms with Gasteiger partial charge in [-0.1, -0.05) is 0 Å². The predicted octanol–water partition coefficient (Wildman–Crippen LogP) is 1.74. The van der Waals surface area contributed by atoms with Crippen LogP contribution in [-0.4, -0.2) is 45.0 Å². The zero-order chi connectivity index (χ0) is 12.1. The summed E-state index contributed by atoms with van der Waals surface area (Å²) in [5.74, 6) is 0. The first-order valence-corrected chi connectivity index (χ1v) is 6.38. The van der Waals surface area contributed by atoms with Crippen molar-refractivity contribution in [1.82, 2.24) is 14.7 Å². The minimum atomic E-state index is -0.285. The van der Waals surface area contributed by atoms with E-state index in [1.807, 2.05) is 17.8 Å². The van der Waals surface area contributed by atoms with Crippen molar-refractivity contribution in [1.29, 1.82) is 0 Å². The Labute approximate surface area is 105 Å². The Morgan fingerprint density at radius 2 is 2.19 bits per heavy atom. The quantitative estimate of drug-likeness (QED) is 0.867. The first-order chi connectivity index (χ1) is 7.49. The van der Waals surface area contributed by atoms with Gasteiger partial charge < -0.3 is 5.11 Å². The summed E-state index contributed by atoms with van der Waals surface area (Å²) in [5.41, 5.74) is 0. The second-order valence-electron chi connectivity index (χ2n) is 4.36. The molecule has 0 amide bonds. The van der Waals surface area contributed by atoms with E-state index in [1.165, 1.54) is 0 Å². The maximum absolute atomic E-state index is 9.40. The van der Waals surface area contributed by atoms with Crippen molar-refractivity contribution in [3.8, 4) is 0 Å². The van der Waals surface area contributed by atoms with E-state index in [0.717, 1.165) is 17.6 Å². The fraction of sp³-hybridized carbons (Fsp3) is 0.727. The smallest absolute Gasteiger partial charge is 0.0639 e. The summed E-state index contributed by atoms with van der Waals surface area (Å²) in [7, 11) is 0. The maximum Gasteiger partial charge on any atom is 0.0639 e. The summed E-state index contributed by atoms with van der Waals surface area (Å²) in [6, 6.07) is 0.439. The molecule has 92 valence electrons. The van der Waals surface area contributed by atoms with Gasteiger partial charge in [0.1, 0.15) is 0 Å². The van der Waals surface area contributed by atoms with E-state index in [-0.39, 0.29) is 6.10 Å². The van der Waals surface area contributed by atoms with Gasteiger partial charge in [0, 0.05) is 25.3 Å². The molecule has 16 heavy (non-hydrogen) atoms. The van der Waals surface area contributed by atoms with Gasteiger partial charge in [0.15, 0.2) is 0 Å². The van der Waals surface area contributed by atoms with Crippen molar-refractivity contribution in [3.05, 3.63) is 16.9 Å². The van der Waals surface area contributed by atoms with Crippen LogP contribution in [0, 0.1) is 0 Å². The first-order valence-electron chi connectivity index (χ1n) is 5.59. The molecule has 1 heterocycles. The third-order valence-electron chi connectivity index (χ3n) is 2.45. The molecule has 1 atom stereocenters. The molecule has 1 aromatic rings. The van der Waals surface area contributed by atoms with Crippen LogP contribution in [0.1, 0.15) is 20.8 Å². The van der Waals surface area contributed by atoms with Crippen LogP contribution < -0.4 is 0 Å². The predicted molar refractivity (Wildman–Crippen MR) is 68.3 cm³/mol. The molecule has 1 unspecified atom stereocenters. The van der Waals surface area contributed by atoms with Gasteiger partial charge >= 0.3 is 0 Å². The van der Waals surface area contributed by atoms with E-state index in [4.69, 9.17) is 0 Å². The van der Waals surface area contributed by atoms with Crippen molar-refractivity contribution in [2.45, 2.75) is 39.5 Å². The van der Waals surface area contributed by atoms with Crippen LogP contribution in [0.25, 0.3) is 0 Å². The van der Waals surface area contributed by atoms with E-state index >= 15 is 0 Å². The molecule has 0 saturated heterocycles. The molecule has 0 spiro atoms. The number of nitrogens with zero attached hydrogens (tertiary/aromatic N) is 3. The Hall–Kier alpha value is -0.390. The van der Waals surface area contributed by atoms with E-state index in [2.05, 4.69) is 39.8 Å². The largest absolute Gasteiger partial charge is 0.392 e. The Morgan fingerprint density at radius 3 is 2.62 bits per heavy atom. The first kappa shape index (κ1) is 13.7. The number of aromatic nitrogens is 2. The van der Waals surface area contributed by atoms with Crippen molar-refractivity contribution in [2.24, 2.45) is 0 Å². The molecule has 5 heteroatoms. The van der Waals surface area contributed by atoms with Crippen molar-refractivity contribution < 1.29 is 5.11 Å². The Kier molecular flexibility index (Phi) is 5.44. The Morgan fingerprint density at radius 1 is 1.50 bits per heavy atom. The molecule has 4 nitrogen and oxygen atoms in total. The molecular formula is C11H20BrN3O. The standard InChI is InChI=1S/C11H20BrN3O/c1-9(2)14(7-10(3)16)4-5-15-8-11(12)6-13-15/h6,8-10,16H,4-5,7H2,1-3H3. The zero-order valence-electron chi connectivity index (χ0n) is 10.1. The molecule has 0 aliphatic heterocycles. The highest BCUT2D eigenvalue weighted by molar-refractivity contribution is 9.10. The molecule has 0 radical (unpaired) electrons. The van der Waals surface area contributed by atoms with Crippen molar-refractivity contribution in [3.63, 3.8) is 0 Å². The fourth-order valence-corrected chi connectivity index (χ4v) is 1.92. The number of rotatable bonds is 6. The highest BCUT2D eigenvalue weighted by Gasteiger charge is 2.11. The SMILES string of the molecule is CC(O)CN(CCn1cc(Br)cn1)C(C)C. The second kappa shape index (κ2) is 6.37. The Balaban J connectivity index is 2.43. The normalized spacial score (nSPS) is 13.7. The van der Waals surface area contributed by atoms with Crippen LogP contribution in [0.2, 0.25) is 0 Å². The molecule has 0 aliphatic rings. The van der Waals surface area contributed by atoms with Gasteiger partial charge in [-0.2, -0.15) is 5.10 Å². The van der Waals surface area contributed by atoms with Crippen LogP contribution in [0.15, 0.2) is 16.9 Å². The van der Waals surface area contributed by atoms with Crippen molar-refractivity contribution in [2.75, 3.05) is 13.1 Å². The van der Waals surface area contributed by atoms with Gasteiger partial charge in [-0.05, 0) is 36.7 Å². The average Bonchev–Trinajstić information content (AvgIpc) is 2.58. The van der Waals surface area contributed by atoms with E-state index in [9.17, 15) is 5.11 Å². The molecule has 0 aliphatic carbocycles. The molecule has 0 aromatic carbocycles. The molecule has 0 bridgehead atoms. The van der Waals surface area contributed by atoms with Crippen LogP contribution >= 0.6 is 15.9 Å². The summed E-state index contributed by atoms with van der Waals surface area (Å²) in [5, 5.41) is 13.6. The minimum absolute atomic E-state index is 0.285. The van der Waals surface area contributed by atoms with Crippen LogP contribution in [0.5, 0.6) is 0 Å². The van der Waals surface area contributed by atoms with E-state index < -0.39 is 0 Å². The molecular weight excluding hydrogens is 270 g/mol. The van der Waals surface area contributed by atoms with Gasteiger partial charge in [-0.25, -0.2) is 0 Å². The van der Waals surface area contributed by atoms with Gasteiger partial charge in [0.25, 0.3) is 0 Å². The lowest BCUT2D eigenvalue weighted by molar-refractivity contribution is 0.104. The van der Waals surface area contributed by atoms with Gasteiger partial charge in [0.2, 0.25) is 0 Å². The third kappa shape index (κ3) is 4.63. The lowest BCUT2D eigenvalue weighted by atomic mass is 10.2. The Bertz CT molecular complexity index is 312. The molecule has 1 aromatic heterocycles. The summed E-state index contributed by atoms with van der Waals surface area (Å²) in [6.07, 6.45) is 3.46. The second-order valence-corrected chi connectivity index (χ2v) is 5.28.